The fourth-order valence-corrected chi connectivity index (χ4v) is 3.12. The van der Waals surface area contributed by atoms with Gasteiger partial charge in [0.1, 0.15) is 22.1 Å². The molecule has 0 aliphatic rings. The molecule has 0 atom stereocenters. The van der Waals surface area contributed by atoms with Crippen LogP contribution in [0.3, 0.4) is 0 Å². The van der Waals surface area contributed by atoms with E-state index < -0.39 is 5.97 Å². The first-order chi connectivity index (χ1) is 11.1. The maximum atomic E-state index is 12.2. The second kappa shape index (κ2) is 6.10. The maximum absolute atomic E-state index is 12.2. The van der Waals surface area contributed by atoms with Crippen LogP contribution in [0.2, 0.25) is 0 Å². The van der Waals surface area contributed by atoms with E-state index in [2.05, 4.69) is 5.32 Å². The number of benzene rings is 1. The van der Waals surface area contributed by atoms with Gasteiger partial charge >= 0.3 is 5.97 Å². The van der Waals surface area contributed by atoms with Crippen molar-refractivity contribution in [1.82, 2.24) is 0 Å². The summed E-state index contributed by atoms with van der Waals surface area (Å²) >= 11 is 1.16. The highest BCUT2D eigenvalue weighted by Gasteiger charge is 2.23. The number of aromatic carboxylic acids is 1. The summed E-state index contributed by atoms with van der Waals surface area (Å²) in [4.78, 5) is 23.8. The molecule has 23 heavy (non-hydrogen) atoms. The normalized spacial score (nSPS) is 10.5. The summed E-state index contributed by atoms with van der Waals surface area (Å²) in [6.45, 7) is 1.79. The number of carbonyl (C=O) groups excluding carboxylic acids is 1. The molecule has 1 amide bonds. The molecule has 2 aromatic heterocycles. The van der Waals surface area contributed by atoms with E-state index in [0.29, 0.717) is 22.6 Å². The summed E-state index contributed by atoms with van der Waals surface area (Å²) < 4.78 is 5.49. The van der Waals surface area contributed by atoms with Gasteiger partial charge in [0.15, 0.2) is 0 Å². The minimum atomic E-state index is -1.11. The number of carbonyl (C=O) groups is 2. The quantitative estimate of drug-likeness (QED) is 0.750. The molecule has 0 radical (unpaired) electrons. The molecule has 0 unspecified atom stereocenters. The van der Waals surface area contributed by atoms with E-state index in [1.165, 1.54) is 0 Å². The molecule has 0 saturated heterocycles. The predicted octanol–water partition coefficient (Wildman–Crippen LogP) is 4.27. The highest BCUT2D eigenvalue weighted by Crippen LogP contribution is 2.36. The third-order valence-electron chi connectivity index (χ3n) is 3.27. The molecule has 2 N–H and O–H groups in total. The third-order valence-corrected chi connectivity index (χ3v) is 4.17. The first-order valence-electron chi connectivity index (χ1n) is 6.84. The number of amides is 1. The third kappa shape index (κ3) is 3.02. The van der Waals surface area contributed by atoms with E-state index >= 15 is 0 Å². The monoisotopic (exact) mass is 327 g/mol. The number of aryl methyl sites for hydroxylation is 1. The lowest BCUT2D eigenvalue weighted by Crippen LogP contribution is -2.13. The van der Waals surface area contributed by atoms with E-state index in [9.17, 15) is 14.7 Å². The second-order valence-corrected chi connectivity index (χ2v) is 5.77. The summed E-state index contributed by atoms with van der Waals surface area (Å²) in [6.07, 6.45) is 0. The van der Waals surface area contributed by atoms with Gasteiger partial charge in [-0.25, -0.2) is 4.79 Å². The molecule has 0 aliphatic carbocycles. The Balaban J connectivity index is 1.96. The van der Waals surface area contributed by atoms with Gasteiger partial charge < -0.3 is 14.8 Å². The van der Waals surface area contributed by atoms with Crippen molar-refractivity contribution in [2.75, 3.05) is 5.32 Å². The van der Waals surface area contributed by atoms with Crippen molar-refractivity contribution < 1.29 is 19.1 Å². The summed E-state index contributed by atoms with van der Waals surface area (Å²) in [5.41, 5.74) is 0.959. The second-order valence-electron chi connectivity index (χ2n) is 4.89. The fourth-order valence-electron chi connectivity index (χ4n) is 2.19. The standard InChI is InChI=1S/C17H13NO4S/c1-10-7-8-13(22-10)12-9-23-16(14(12)17(20)21)18-15(19)11-5-3-2-4-6-11/h2-9H,1H3,(H,18,19)(H,20,21). The molecule has 5 nitrogen and oxygen atoms in total. The number of furan rings is 1. The van der Waals surface area contributed by atoms with Crippen LogP contribution >= 0.6 is 11.3 Å². The Bertz CT molecular complexity index is 864. The number of thiophene rings is 1. The number of nitrogens with one attached hydrogen (secondary N) is 1. The van der Waals surface area contributed by atoms with E-state index in [1.54, 1.807) is 48.7 Å². The summed E-state index contributed by atoms with van der Waals surface area (Å²) in [7, 11) is 0. The van der Waals surface area contributed by atoms with E-state index in [-0.39, 0.29) is 16.5 Å². The molecule has 0 saturated carbocycles. The van der Waals surface area contributed by atoms with Crippen LogP contribution in [0.25, 0.3) is 11.3 Å². The summed E-state index contributed by atoms with van der Waals surface area (Å²) in [5, 5.41) is 14.1. The molecule has 2 heterocycles. The molecule has 0 spiro atoms. The fraction of sp³-hybridized carbons (Fsp3) is 0.0588. The molecule has 3 aromatic rings. The van der Waals surface area contributed by atoms with Gasteiger partial charge in [0.05, 0.1) is 0 Å². The Morgan fingerprint density at radius 3 is 2.48 bits per heavy atom. The van der Waals surface area contributed by atoms with Gasteiger partial charge in [-0.15, -0.1) is 11.3 Å². The highest BCUT2D eigenvalue weighted by atomic mass is 32.1. The Morgan fingerprint density at radius 1 is 1.13 bits per heavy atom. The van der Waals surface area contributed by atoms with Gasteiger partial charge in [0.2, 0.25) is 0 Å². The zero-order valence-electron chi connectivity index (χ0n) is 12.2. The maximum Gasteiger partial charge on any atom is 0.339 e. The van der Waals surface area contributed by atoms with Crippen LogP contribution in [0.5, 0.6) is 0 Å². The van der Waals surface area contributed by atoms with E-state index in [0.717, 1.165) is 11.3 Å². The molecule has 116 valence electrons. The van der Waals surface area contributed by atoms with Crippen LogP contribution in [0, 0.1) is 6.92 Å². The van der Waals surface area contributed by atoms with Crippen LogP contribution in [0.1, 0.15) is 26.5 Å². The predicted molar refractivity (Wildman–Crippen MR) is 88.1 cm³/mol. The lowest BCUT2D eigenvalue weighted by Gasteiger charge is -2.05. The van der Waals surface area contributed by atoms with Gasteiger partial charge in [-0.2, -0.15) is 0 Å². The van der Waals surface area contributed by atoms with Crippen LogP contribution in [-0.4, -0.2) is 17.0 Å². The smallest absolute Gasteiger partial charge is 0.339 e. The first-order valence-corrected chi connectivity index (χ1v) is 7.72. The number of carboxylic acid groups (broad SMARTS) is 1. The van der Waals surface area contributed by atoms with Crippen molar-refractivity contribution in [3.8, 4) is 11.3 Å². The van der Waals surface area contributed by atoms with E-state index in [4.69, 9.17) is 4.42 Å². The van der Waals surface area contributed by atoms with Gasteiger partial charge in [-0.05, 0) is 31.2 Å². The number of hydrogen-bond acceptors (Lipinski definition) is 4. The van der Waals surface area contributed by atoms with Crippen molar-refractivity contribution in [3.63, 3.8) is 0 Å². The lowest BCUT2D eigenvalue weighted by atomic mass is 10.1. The minimum Gasteiger partial charge on any atom is -0.478 e. The molecular formula is C17H13NO4S. The first kappa shape index (κ1) is 15.1. The zero-order chi connectivity index (χ0) is 16.4. The summed E-state index contributed by atoms with van der Waals surface area (Å²) in [6, 6.07) is 12.1. The van der Waals surface area contributed by atoms with Crippen molar-refractivity contribution in [2.24, 2.45) is 0 Å². The Labute approximate surface area is 136 Å². The zero-order valence-corrected chi connectivity index (χ0v) is 13.0. The number of rotatable bonds is 4. The largest absolute Gasteiger partial charge is 0.478 e. The number of hydrogen-bond donors (Lipinski definition) is 2. The molecule has 1 aromatic carbocycles. The Kier molecular flexibility index (Phi) is 3.99. The topological polar surface area (TPSA) is 79.5 Å². The van der Waals surface area contributed by atoms with Crippen LogP contribution in [0.4, 0.5) is 5.00 Å². The van der Waals surface area contributed by atoms with Crippen molar-refractivity contribution >= 4 is 28.2 Å². The average Bonchev–Trinajstić information content (AvgIpc) is 3.14. The van der Waals surface area contributed by atoms with Gasteiger partial charge in [0.25, 0.3) is 5.91 Å². The van der Waals surface area contributed by atoms with Crippen LogP contribution in [0.15, 0.2) is 52.3 Å². The van der Waals surface area contributed by atoms with Crippen molar-refractivity contribution in [2.45, 2.75) is 6.92 Å². The average molecular weight is 327 g/mol. The van der Waals surface area contributed by atoms with Crippen LogP contribution in [-0.2, 0) is 0 Å². The SMILES string of the molecule is Cc1ccc(-c2csc(NC(=O)c3ccccc3)c2C(=O)O)o1. The molecule has 0 fully saturated rings. The Morgan fingerprint density at radius 2 is 1.87 bits per heavy atom. The minimum absolute atomic E-state index is 0.0358. The molecule has 0 aliphatic heterocycles. The van der Waals surface area contributed by atoms with Gasteiger partial charge in [-0.3, -0.25) is 4.79 Å². The van der Waals surface area contributed by atoms with Gasteiger partial charge in [0, 0.05) is 16.5 Å². The number of anilines is 1. The molecular weight excluding hydrogens is 314 g/mol. The van der Waals surface area contributed by atoms with Crippen molar-refractivity contribution in [1.29, 1.82) is 0 Å². The summed E-state index contributed by atoms with van der Waals surface area (Å²) in [5.74, 6) is -0.301. The highest BCUT2D eigenvalue weighted by molar-refractivity contribution is 7.15. The molecule has 6 heteroatoms. The van der Waals surface area contributed by atoms with Gasteiger partial charge in [-0.1, -0.05) is 18.2 Å². The lowest BCUT2D eigenvalue weighted by molar-refractivity contribution is 0.0699. The van der Waals surface area contributed by atoms with Crippen LogP contribution < -0.4 is 5.32 Å². The van der Waals surface area contributed by atoms with E-state index in [1.807, 2.05) is 6.07 Å². The molecule has 3 rings (SSSR count). The van der Waals surface area contributed by atoms with Crippen molar-refractivity contribution in [3.05, 3.63) is 64.7 Å². The Hall–Kier alpha value is -2.86. The molecule has 0 bridgehead atoms. The number of carboxylic acids is 1.